The summed E-state index contributed by atoms with van der Waals surface area (Å²) in [6.07, 6.45) is 0. The molecule has 0 aliphatic carbocycles. The van der Waals surface area contributed by atoms with Crippen LogP contribution in [0, 0.1) is 6.92 Å². The number of hydrogen-bond donors (Lipinski definition) is 1. The lowest BCUT2D eigenvalue weighted by Gasteiger charge is -2.10. The largest absolute Gasteiger partial charge is 0.308 e. The van der Waals surface area contributed by atoms with Gasteiger partial charge in [0.15, 0.2) is 0 Å². The Labute approximate surface area is 187 Å². The zero-order valence-corrected chi connectivity index (χ0v) is 18.9. The number of nitrogens with zero attached hydrogens (tertiary/aromatic N) is 1. The minimum Gasteiger partial charge on any atom is -0.294 e. The van der Waals surface area contributed by atoms with Gasteiger partial charge in [-0.15, -0.1) is 0 Å². The van der Waals surface area contributed by atoms with Crippen molar-refractivity contribution < 1.29 is 8.42 Å². The van der Waals surface area contributed by atoms with E-state index >= 15 is 0 Å². The Kier molecular flexibility index (Phi) is 5.63. The third-order valence-corrected chi connectivity index (χ3v) is 7.76. The number of thiazole rings is 1. The molecule has 0 amide bonds. The topological polar surface area (TPSA) is 68.2 Å². The summed E-state index contributed by atoms with van der Waals surface area (Å²) in [6.45, 7) is 2.15. The van der Waals surface area contributed by atoms with Crippen LogP contribution in [0.4, 0.5) is 5.69 Å². The summed E-state index contributed by atoms with van der Waals surface area (Å²) < 4.78 is 30.3. The molecule has 0 aliphatic heterocycles. The number of rotatable bonds is 5. The van der Waals surface area contributed by atoms with Gasteiger partial charge in [-0.1, -0.05) is 58.8 Å². The van der Waals surface area contributed by atoms with Crippen molar-refractivity contribution in [2.45, 2.75) is 18.4 Å². The Bertz CT molecular complexity index is 1430. The number of anilines is 1. The van der Waals surface area contributed by atoms with Gasteiger partial charge in [0.1, 0.15) is 0 Å². The maximum atomic E-state index is 12.8. The number of aryl methyl sites for hydroxylation is 1. The Balaban J connectivity index is 1.69. The molecule has 0 spiro atoms. The molecule has 0 bridgehead atoms. The van der Waals surface area contributed by atoms with Crippen LogP contribution in [0.2, 0.25) is 10.0 Å². The maximum absolute atomic E-state index is 12.8. The lowest BCUT2D eigenvalue weighted by molar-refractivity contribution is 0.601. The molecule has 5 nitrogen and oxygen atoms in total. The fourth-order valence-electron chi connectivity index (χ4n) is 3.03. The molecule has 30 heavy (non-hydrogen) atoms. The number of sulfonamides is 1. The van der Waals surface area contributed by atoms with E-state index in [1.54, 1.807) is 34.9 Å². The normalized spacial score (nSPS) is 11.7. The van der Waals surface area contributed by atoms with E-state index in [4.69, 9.17) is 23.2 Å². The fraction of sp³-hybridized carbons (Fsp3) is 0.0952. The summed E-state index contributed by atoms with van der Waals surface area (Å²) in [6, 6.07) is 16.9. The van der Waals surface area contributed by atoms with E-state index in [2.05, 4.69) is 4.72 Å². The maximum Gasteiger partial charge on any atom is 0.308 e. The predicted octanol–water partition coefficient (Wildman–Crippen LogP) is 5.53. The smallest absolute Gasteiger partial charge is 0.294 e. The monoisotopic (exact) mass is 478 g/mol. The Morgan fingerprint density at radius 3 is 2.50 bits per heavy atom. The zero-order valence-electron chi connectivity index (χ0n) is 15.7. The lowest BCUT2D eigenvalue weighted by Crippen LogP contribution is -2.14. The van der Waals surface area contributed by atoms with Crippen LogP contribution in [-0.2, 0) is 16.6 Å². The zero-order chi connectivity index (χ0) is 21.5. The van der Waals surface area contributed by atoms with Crippen molar-refractivity contribution in [3.8, 4) is 0 Å². The minimum absolute atomic E-state index is 0.0674. The van der Waals surface area contributed by atoms with Gasteiger partial charge in [0.2, 0.25) is 0 Å². The molecule has 0 atom stereocenters. The van der Waals surface area contributed by atoms with E-state index < -0.39 is 10.0 Å². The minimum atomic E-state index is -3.84. The Morgan fingerprint density at radius 1 is 1.00 bits per heavy atom. The van der Waals surface area contributed by atoms with Crippen molar-refractivity contribution in [1.29, 1.82) is 0 Å². The number of hydrogen-bond acceptors (Lipinski definition) is 4. The van der Waals surface area contributed by atoms with Crippen molar-refractivity contribution in [1.82, 2.24) is 4.57 Å². The van der Waals surface area contributed by atoms with Crippen LogP contribution < -0.4 is 9.60 Å². The highest BCUT2D eigenvalue weighted by molar-refractivity contribution is 7.92. The first-order valence-corrected chi connectivity index (χ1v) is 12.0. The molecular weight excluding hydrogens is 463 g/mol. The van der Waals surface area contributed by atoms with Gasteiger partial charge in [0.25, 0.3) is 10.0 Å². The average Bonchev–Trinajstić information content (AvgIpc) is 3.01. The highest BCUT2D eigenvalue weighted by Gasteiger charge is 2.18. The molecule has 4 rings (SSSR count). The van der Waals surface area contributed by atoms with Crippen LogP contribution >= 0.6 is 34.5 Å². The molecule has 1 heterocycles. The first-order valence-electron chi connectivity index (χ1n) is 8.90. The number of aromatic nitrogens is 1. The van der Waals surface area contributed by atoms with E-state index in [0.29, 0.717) is 32.5 Å². The second-order valence-electron chi connectivity index (χ2n) is 6.74. The van der Waals surface area contributed by atoms with Gasteiger partial charge >= 0.3 is 4.87 Å². The van der Waals surface area contributed by atoms with Crippen LogP contribution in [0.1, 0.15) is 11.1 Å². The molecule has 0 fully saturated rings. The van der Waals surface area contributed by atoms with Crippen LogP contribution in [0.25, 0.3) is 10.2 Å². The van der Waals surface area contributed by atoms with Gasteiger partial charge in [-0.2, -0.15) is 0 Å². The van der Waals surface area contributed by atoms with Crippen molar-refractivity contribution >= 4 is 60.5 Å². The van der Waals surface area contributed by atoms with Gasteiger partial charge in [-0.25, -0.2) is 8.42 Å². The second kappa shape index (κ2) is 8.07. The summed E-state index contributed by atoms with van der Waals surface area (Å²) in [4.78, 5) is 12.4. The third kappa shape index (κ3) is 4.11. The van der Waals surface area contributed by atoms with Crippen LogP contribution in [0.3, 0.4) is 0 Å². The van der Waals surface area contributed by atoms with Crippen molar-refractivity contribution in [3.05, 3.63) is 91.5 Å². The number of fused-ring (bicyclic) bond motifs is 1. The lowest BCUT2D eigenvalue weighted by atomic mass is 10.2. The van der Waals surface area contributed by atoms with Gasteiger partial charge in [-0.05, 0) is 54.4 Å². The van der Waals surface area contributed by atoms with Crippen LogP contribution in [0.15, 0.2) is 70.4 Å². The summed E-state index contributed by atoms with van der Waals surface area (Å²) in [5.41, 5.74) is 2.69. The summed E-state index contributed by atoms with van der Waals surface area (Å²) in [5.74, 6) is 0. The van der Waals surface area contributed by atoms with Gasteiger partial charge < -0.3 is 0 Å². The molecule has 0 radical (unpaired) electrons. The van der Waals surface area contributed by atoms with Gasteiger partial charge in [0.05, 0.1) is 27.3 Å². The molecular formula is C21H16Cl2N2O3S2. The molecule has 0 saturated heterocycles. The number of benzene rings is 3. The summed E-state index contributed by atoms with van der Waals surface area (Å²) in [5, 5.41) is 1.05. The highest BCUT2D eigenvalue weighted by atomic mass is 35.5. The molecule has 1 N–H and O–H groups in total. The first-order chi connectivity index (χ1) is 14.2. The molecule has 0 saturated carbocycles. The van der Waals surface area contributed by atoms with Crippen molar-refractivity contribution in [2.24, 2.45) is 0 Å². The molecule has 0 aliphatic rings. The molecule has 1 aromatic heterocycles. The number of halogens is 2. The fourth-order valence-corrected chi connectivity index (χ4v) is 5.49. The van der Waals surface area contributed by atoms with E-state index in [1.165, 1.54) is 12.1 Å². The van der Waals surface area contributed by atoms with E-state index in [1.807, 2.05) is 25.1 Å². The van der Waals surface area contributed by atoms with Crippen molar-refractivity contribution in [2.75, 3.05) is 4.72 Å². The average molecular weight is 479 g/mol. The molecule has 3 aromatic carbocycles. The third-order valence-electron chi connectivity index (χ3n) is 4.66. The van der Waals surface area contributed by atoms with Gasteiger partial charge in [-0.3, -0.25) is 14.1 Å². The summed E-state index contributed by atoms with van der Waals surface area (Å²) in [7, 11) is -3.84. The van der Waals surface area contributed by atoms with E-state index in [-0.39, 0.29) is 9.77 Å². The quantitative estimate of drug-likeness (QED) is 0.410. The highest BCUT2D eigenvalue weighted by Crippen LogP contribution is 2.26. The first kappa shape index (κ1) is 20.9. The second-order valence-corrected chi connectivity index (χ2v) is 10.2. The molecule has 9 heteroatoms. The Morgan fingerprint density at radius 2 is 1.77 bits per heavy atom. The molecule has 0 unspecified atom stereocenters. The Hall–Kier alpha value is -2.32. The predicted molar refractivity (Wildman–Crippen MR) is 124 cm³/mol. The SMILES string of the molecule is Cc1ccc(NS(=O)(=O)c2ccc3c(c2)sc(=O)n3Cc2ccccc2Cl)cc1Cl. The number of nitrogens with one attached hydrogen (secondary N) is 1. The van der Waals surface area contributed by atoms with Crippen LogP contribution in [0.5, 0.6) is 0 Å². The molecule has 4 aromatic rings. The van der Waals surface area contributed by atoms with E-state index in [9.17, 15) is 13.2 Å². The van der Waals surface area contributed by atoms with E-state index in [0.717, 1.165) is 22.5 Å². The van der Waals surface area contributed by atoms with Gasteiger partial charge in [0, 0.05) is 10.0 Å². The molecule has 154 valence electrons. The summed E-state index contributed by atoms with van der Waals surface area (Å²) >= 11 is 13.3. The standard InChI is InChI=1S/C21H16Cl2N2O3S2/c1-13-6-7-15(10-18(13)23)24-30(27,28)16-8-9-19-20(11-16)29-21(26)25(19)12-14-4-2-3-5-17(14)22/h2-11,24H,12H2,1H3. The van der Waals surface area contributed by atoms with Crippen LogP contribution in [-0.4, -0.2) is 13.0 Å². The van der Waals surface area contributed by atoms with Crippen molar-refractivity contribution in [3.63, 3.8) is 0 Å².